The number of halogens is 2. The van der Waals surface area contributed by atoms with E-state index in [0.717, 1.165) is 0 Å². The van der Waals surface area contributed by atoms with E-state index < -0.39 is 21.7 Å². The Kier molecular flexibility index (Phi) is 5.71. The number of hydrogen-bond donors (Lipinski definition) is 2. The number of nitrogens with one attached hydrogen (secondary N) is 1. The number of amides is 1. The fourth-order valence-electron chi connectivity index (χ4n) is 1.84. The van der Waals surface area contributed by atoms with Crippen LogP contribution >= 0.6 is 11.6 Å². The molecule has 0 unspecified atom stereocenters. The second-order valence-corrected chi connectivity index (χ2v) is 6.93. The quantitative estimate of drug-likeness (QED) is 0.792. The van der Waals surface area contributed by atoms with Gasteiger partial charge in [0.25, 0.3) is 15.9 Å². The fraction of sp³-hybridized carbons (Fsp3) is 0.0625. The van der Waals surface area contributed by atoms with E-state index >= 15 is 0 Å². The maximum absolute atomic E-state index is 12.9. The second kappa shape index (κ2) is 7.57. The zero-order chi connectivity index (χ0) is 17.7. The number of sulfonamides is 1. The molecule has 2 aromatic carbocycles. The second-order valence-electron chi connectivity index (χ2n) is 4.81. The van der Waals surface area contributed by atoms with Gasteiger partial charge in [-0.25, -0.2) is 17.5 Å². The SMILES string of the molecule is NCC(=Cc1ccc(F)cc1)C(=O)NS(=O)(=O)c1ccc(Cl)cc1. The van der Waals surface area contributed by atoms with Gasteiger partial charge < -0.3 is 5.73 Å². The normalized spacial score (nSPS) is 12.0. The van der Waals surface area contributed by atoms with E-state index in [0.29, 0.717) is 10.6 Å². The molecule has 0 atom stereocenters. The Bertz CT molecular complexity index is 863. The molecule has 126 valence electrons. The molecule has 0 radical (unpaired) electrons. The van der Waals surface area contributed by atoms with Gasteiger partial charge >= 0.3 is 0 Å². The molecule has 0 aromatic heterocycles. The Labute approximate surface area is 144 Å². The monoisotopic (exact) mass is 368 g/mol. The van der Waals surface area contributed by atoms with E-state index in [9.17, 15) is 17.6 Å². The van der Waals surface area contributed by atoms with Gasteiger partial charge in [0.1, 0.15) is 5.82 Å². The topological polar surface area (TPSA) is 89.3 Å². The highest BCUT2D eigenvalue weighted by molar-refractivity contribution is 7.90. The van der Waals surface area contributed by atoms with Gasteiger partial charge in [0.05, 0.1) is 4.90 Å². The molecule has 8 heteroatoms. The smallest absolute Gasteiger partial charge is 0.264 e. The van der Waals surface area contributed by atoms with Gasteiger partial charge in [-0.05, 0) is 48.0 Å². The summed E-state index contributed by atoms with van der Waals surface area (Å²) in [6.07, 6.45) is 1.39. The molecular weight excluding hydrogens is 355 g/mol. The van der Waals surface area contributed by atoms with Crippen LogP contribution in [0.1, 0.15) is 5.56 Å². The summed E-state index contributed by atoms with van der Waals surface area (Å²) in [5.74, 6) is -1.27. The van der Waals surface area contributed by atoms with Gasteiger partial charge in [-0.15, -0.1) is 0 Å². The van der Waals surface area contributed by atoms with Crippen LogP contribution in [0.4, 0.5) is 4.39 Å². The fourth-order valence-corrected chi connectivity index (χ4v) is 2.95. The van der Waals surface area contributed by atoms with Crippen LogP contribution < -0.4 is 10.5 Å². The highest BCUT2D eigenvalue weighted by Crippen LogP contribution is 2.15. The van der Waals surface area contributed by atoms with Crippen molar-refractivity contribution in [2.75, 3.05) is 6.54 Å². The third-order valence-corrected chi connectivity index (χ3v) is 4.67. The number of nitrogens with two attached hydrogens (primary N) is 1. The van der Waals surface area contributed by atoms with Gasteiger partial charge in [-0.2, -0.15) is 0 Å². The molecule has 0 bridgehead atoms. The summed E-state index contributed by atoms with van der Waals surface area (Å²) >= 11 is 5.71. The Morgan fingerprint density at radius 3 is 2.25 bits per heavy atom. The Hall–Kier alpha value is -2.22. The van der Waals surface area contributed by atoms with Crippen molar-refractivity contribution in [1.82, 2.24) is 4.72 Å². The minimum Gasteiger partial charge on any atom is -0.326 e. The molecule has 1 amide bonds. The highest BCUT2D eigenvalue weighted by atomic mass is 35.5. The van der Waals surface area contributed by atoms with E-state index in [1.165, 1.54) is 54.6 Å². The zero-order valence-corrected chi connectivity index (χ0v) is 13.9. The first kappa shape index (κ1) is 18.1. The van der Waals surface area contributed by atoms with E-state index in [4.69, 9.17) is 17.3 Å². The van der Waals surface area contributed by atoms with Crippen LogP contribution in [-0.2, 0) is 14.8 Å². The molecule has 24 heavy (non-hydrogen) atoms. The molecule has 0 aliphatic heterocycles. The Morgan fingerprint density at radius 2 is 1.71 bits per heavy atom. The molecule has 3 N–H and O–H groups in total. The first-order valence-electron chi connectivity index (χ1n) is 6.81. The lowest BCUT2D eigenvalue weighted by Gasteiger charge is -2.09. The molecule has 0 heterocycles. The summed E-state index contributed by atoms with van der Waals surface area (Å²) in [6, 6.07) is 10.7. The average Bonchev–Trinajstić information content (AvgIpc) is 2.54. The molecule has 5 nitrogen and oxygen atoms in total. The van der Waals surface area contributed by atoms with E-state index in [2.05, 4.69) is 0 Å². The van der Waals surface area contributed by atoms with Crippen LogP contribution in [0.2, 0.25) is 5.02 Å². The Morgan fingerprint density at radius 1 is 1.12 bits per heavy atom. The minimum absolute atomic E-state index is 0.0409. The van der Waals surface area contributed by atoms with Gasteiger partial charge in [0.2, 0.25) is 0 Å². The van der Waals surface area contributed by atoms with Gasteiger partial charge in [0, 0.05) is 17.1 Å². The van der Waals surface area contributed by atoms with Crippen molar-refractivity contribution in [3.8, 4) is 0 Å². The molecule has 0 aliphatic rings. The first-order valence-corrected chi connectivity index (χ1v) is 8.67. The van der Waals surface area contributed by atoms with E-state index in [1.54, 1.807) is 0 Å². The molecule has 0 saturated heterocycles. The summed E-state index contributed by atoms with van der Waals surface area (Å²) < 4.78 is 39.2. The third kappa shape index (κ3) is 4.64. The summed E-state index contributed by atoms with van der Waals surface area (Å²) in [4.78, 5) is 12.1. The number of carbonyl (C=O) groups is 1. The van der Waals surface area contributed by atoms with Gasteiger partial charge in [-0.3, -0.25) is 4.79 Å². The van der Waals surface area contributed by atoms with Crippen LogP contribution in [0.15, 0.2) is 59.0 Å². The average molecular weight is 369 g/mol. The first-order chi connectivity index (χ1) is 11.3. The summed E-state index contributed by atoms with van der Waals surface area (Å²) in [5, 5.41) is 0.374. The molecule has 2 rings (SSSR count). The van der Waals surface area contributed by atoms with Crippen LogP contribution in [0.3, 0.4) is 0 Å². The van der Waals surface area contributed by atoms with Crippen LogP contribution in [0.25, 0.3) is 6.08 Å². The van der Waals surface area contributed by atoms with Crippen molar-refractivity contribution < 1.29 is 17.6 Å². The predicted octanol–water partition coefficient (Wildman–Crippen LogP) is 2.33. The van der Waals surface area contributed by atoms with E-state index in [1.807, 2.05) is 4.72 Å². The van der Waals surface area contributed by atoms with E-state index in [-0.39, 0.29) is 17.0 Å². The Balaban J connectivity index is 2.22. The lowest BCUT2D eigenvalue weighted by atomic mass is 10.1. The number of benzene rings is 2. The van der Waals surface area contributed by atoms with Crippen molar-refractivity contribution in [3.05, 3.63) is 70.5 Å². The van der Waals surface area contributed by atoms with Crippen LogP contribution in [0, 0.1) is 5.82 Å². The molecule has 0 saturated carbocycles. The zero-order valence-electron chi connectivity index (χ0n) is 12.4. The summed E-state index contributed by atoms with van der Waals surface area (Å²) in [7, 11) is -4.04. The van der Waals surface area contributed by atoms with Crippen molar-refractivity contribution in [2.45, 2.75) is 4.90 Å². The predicted molar refractivity (Wildman–Crippen MR) is 90.2 cm³/mol. The van der Waals surface area contributed by atoms with Crippen LogP contribution in [0.5, 0.6) is 0 Å². The minimum atomic E-state index is -4.04. The van der Waals surface area contributed by atoms with Gasteiger partial charge in [-0.1, -0.05) is 23.7 Å². The van der Waals surface area contributed by atoms with Crippen molar-refractivity contribution in [1.29, 1.82) is 0 Å². The molecule has 2 aromatic rings. The van der Waals surface area contributed by atoms with Gasteiger partial charge in [0.15, 0.2) is 0 Å². The summed E-state index contributed by atoms with van der Waals surface area (Å²) in [5.41, 5.74) is 6.08. The lowest BCUT2D eigenvalue weighted by molar-refractivity contribution is -0.115. The lowest BCUT2D eigenvalue weighted by Crippen LogP contribution is -2.33. The van der Waals surface area contributed by atoms with Crippen molar-refractivity contribution in [3.63, 3.8) is 0 Å². The maximum Gasteiger partial charge on any atom is 0.264 e. The maximum atomic E-state index is 12.9. The van der Waals surface area contributed by atoms with Crippen molar-refractivity contribution in [2.24, 2.45) is 5.73 Å². The van der Waals surface area contributed by atoms with Crippen LogP contribution in [-0.4, -0.2) is 20.9 Å². The molecule has 0 fully saturated rings. The summed E-state index contributed by atoms with van der Waals surface area (Å²) in [6.45, 7) is -0.181. The number of hydrogen-bond acceptors (Lipinski definition) is 4. The number of rotatable bonds is 5. The molecular formula is C16H14ClFN2O3S. The number of carbonyl (C=O) groups excluding carboxylic acids is 1. The van der Waals surface area contributed by atoms with Crippen molar-refractivity contribution >= 4 is 33.6 Å². The third-order valence-electron chi connectivity index (χ3n) is 3.07. The standard InChI is InChI=1S/C16H14ClFN2O3S/c17-13-3-7-15(8-4-13)24(22,23)20-16(21)12(10-19)9-11-1-5-14(18)6-2-11/h1-9H,10,19H2,(H,20,21). The largest absolute Gasteiger partial charge is 0.326 e. The molecule has 0 aliphatic carbocycles. The molecule has 0 spiro atoms. The highest BCUT2D eigenvalue weighted by Gasteiger charge is 2.19.